The van der Waals surface area contributed by atoms with E-state index in [9.17, 15) is 14.0 Å². The van der Waals surface area contributed by atoms with Gasteiger partial charge >= 0.3 is 0 Å². The van der Waals surface area contributed by atoms with Crippen molar-refractivity contribution < 1.29 is 18.7 Å². The minimum atomic E-state index is -0.461. The molecule has 0 unspecified atom stereocenters. The van der Waals surface area contributed by atoms with E-state index in [1.54, 1.807) is 12.1 Å². The summed E-state index contributed by atoms with van der Waals surface area (Å²) in [5, 5.41) is 5.82. The molecule has 0 atom stereocenters. The molecule has 2 N–H and O–H groups in total. The van der Waals surface area contributed by atoms with Gasteiger partial charge in [-0.05, 0) is 62.7 Å². The molecular formula is C20H22ClFN2O3. The minimum absolute atomic E-state index is 0.144. The monoisotopic (exact) mass is 392 g/mol. The van der Waals surface area contributed by atoms with Crippen molar-refractivity contribution in [1.82, 2.24) is 5.32 Å². The quantitative estimate of drug-likeness (QED) is 0.659. The van der Waals surface area contributed by atoms with Crippen LogP contribution in [0, 0.1) is 5.82 Å². The number of anilines is 1. The van der Waals surface area contributed by atoms with Gasteiger partial charge in [-0.2, -0.15) is 0 Å². The highest BCUT2D eigenvalue weighted by Crippen LogP contribution is 2.22. The summed E-state index contributed by atoms with van der Waals surface area (Å²) in [6, 6.07) is 9.74. The van der Waals surface area contributed by atoms with Gasteiger partial charge in [0.15, 0.2) is 0 Å². The molecule has 0 spiro atoms. The van der Waals surface area contributed by atoms with E-state index in [0.29, 0.717) is 30.2 Å². The van der Waals surface area contributed by atoms with Crippen LogP contribution in [0.3, 0.4) is 0 Å². The predicted octanol–water partition coefficient (Wildman–Crippen LogP) is 4.28. The van der Waals surface area contributed by atoms with Gasteiger partial charge < -0.3 is 15.4 Å². The first-order valence-corrected chi connectivity index (χ1v) is 9.01. The van der Waals surface area contributed by atoms with E-state index in [2.05, 4.69) is 10.6 Å². The second-order valence-corrected chi connectivity index (χ2v) is 6.62. The van der Waals surface area contributed by atoms with Crippen LogP contribution in [0.15, 0.2) is 42.5 Å². The lowest BCUT2D eigenvalue weighted by molar-refractivity contribution is 0.0757. The van der Waals surface area contributed by atoms with Gasteiger partial charge in [0.25, 0.3) is 11.8 Å². The Morgan fingerprint density at radius 3 is 2.48 bits per heavy atom. The van der Waals surface area contributed by atoms with Gasteiger partial charge in [-0.25, -0.2) is 4.39 Å². The molecule has 7 heteroatoms. The largest absolute Gasteiger partial charge is 0.379 e. The van der Waals surface area contributed by atoms with E-state index in [4.69, 9.17) is 16.3 Å². The van der Waals surface area contributed by atoms with E-state index >= 15 is 0 Å². The molecule has 0 aromatic heterocycles. The number of carbonyl (C=O) groups is 2. The smallest absolute Gasteiger partial charge is 0.255 e. The van der Waals surface area contributed by atoms with Crippen molar-refractivity contribution in [3.05, 3.63) is 64.4 Å². The maximum absolute atomic E-state index is 13.0. The summed E-state index contributed by atoms with van der Waals surface area (Å²) in [5.41, 5.74) is 0.848. The third-order valence-electron chi connectivity index (χ3n) is 3.64. The first-order valence-electron chi connectivity index (χ1n) is 8.63. The van der Waals surface area contributed by atoms with Crippen molar-refractivity contribution in [3.63, 3.8) is 0 Å². The van der Waals surface area contributed by atoms with Crippen molar-refractivity contribution in [2.75, 3.05) is 18.5 Å². The number of halogens is 2. The lowest BCUT2D eigenvalue weighted by atomic mass is 10.1. The number of ether oxygens (including phenoxy) is 1. The summed E-state index contributed by atoms with van der Waals surface area (Å²) < 4.78 is 18.4. The predicted molar refractivity (Wildman–Crippen MR) is 104 cm³/mol. The van der Waals surface area contributed by atoms with Crippen molar-refractivity contribution in [2.45, 2.75) is 26.4 Å². The van der Waals surface area contributed by atoms with Crippen LogP contribution in [0.25, 0.3) is 0 Å². The number of amides is 2. The van der Waals surface area contributed by atoms with Gasteiger partial charge in [-0.1, -0.05) is 11.6 Å². The molecule has 27 heavy (non-hydrogen) atoms. The molecule has 144 valence electrons. The number of hydrogen-bond acceptors (Lipinski definition) is 3. The van der Waals surface area contributed by atoms with Crippen LogP contribution in [0.1, 0.15) is 41.0 Å². The topological polar surface area (TPSA) is 67.4 Å². The Bertz CT molecular complexity index is 794. The molecule has 2 amide bonds. The van der Waals surface area contributed by atoms with Crippen molar-refractivity contribution >= 4 is 29.1 Å². The maximum atomic E-state index is 13.0. The van der Waals surface area contributed by atoms with E-state index < -0.39 is 11.7 Å². The Morgan fingerprint density at radius 1 is 1.11 bits per heavy atom. The average Bonchev–Trinajstić information content (AvgIpc) is 2.61. The molecule has 0 aliphatic carbocycles. The number of nitrogens with one attached hydrogen (secondary N) is 2. The zero-order chi connectivity index (χ0) is 19.8. The number of hydrogen-bond donors (Lipinski definition) is 2. The lowest BCUT2D eigenvalue weighted by Gasteiger charge is -2.13. The SMILES string of the molecule is CC(C)OCCCNC(=O)c1ccc(Cl)cc1NC(=O)c1ccc(F)cc1. The van der Waals surface area contributed by atoms with E-state index in [-0.39, 0.29) is 23.3 Å². The molecule has 0 aliphatic heterocycles. The second-order valence-electron chi connectivity index (χ2n) is 6.18. The standard InChI is InChI=1S/C20H22ClFN2O3/c1-13(2)27-11-3-10-23-20(26)17-9-6-15(21)12-18(17)24-19(25)14-4-7-16(22)8-5-14/h4-9,12-13H,3,10-11H2,1-2H3,(H,23,26)(H,24,25). The number of carbonyl (C=O) groups excluding carboxylic acids is 2. The zero-order valence-electron chi connectivity index (χ0n) is 15.2. The Morgan fingerprint density at radius 2 is 1.81 bits per heavy atom. The molecule has 0 aliphatic rings. The summed E-state index contributed by atoms with van der Waals surface area (Å²) in [6.07, 6.45) is 0.819. The van der Waals surface area contributed by atoms with Gasteiger partial charge in [0.2, 0.25) is 0 Å². The minimum Gasteiger partial charge on any atom is -0.379 e. The molecular weight excluding hydrogens is 371 g/mol. The summed E-state index contributed by atoms with van der Waals surface area (Å²) in [6.45, 7) is 4.89. The Hall–Kier alpha value is -2.44. The normalized spacial score (nSPS) is 10.7. The number of rotatable bonds is 8. The molecule has 2 aromatic carbocycles. The molecule has 2 aromatic rings. The Kier molecular flexibility index (Phi) is 7.76. The summed E-state index contributed by atoms with van der Waals surface area (Å²) in [4.78, 5) is 24.8. The molecule has 0 bridgehead atoms. The lowest BCUT2D eigenvalue weighted by Crippen LogP contribution is -2.27. The Labute approximate surface area is 162 Å². The molecule has 0 radical (unpaired) electrons. The first-order chi connectivity index (χ1) is 12.9. The molecule has 2 rings (SSSR count). The van der Waals surface area contributed by atoms with Gasteiger partial charge in [0.05, 0.1) is 17.4 Å². The van der Waals surface area contributed by atoms with Crippen LogP contribution < -0.4 is 10.6 Å². The Balaban J connectivity index is 2.04. The highest BCUT2D eigenvalue weighted by molar-refractivity contribution is 6.31. The molecule has 0 saturated heterocycles. The summed E-state index contributed by atoms with van der Waals surface area (Å²) in [7, 11) is 0. The maximum Gasteiger partial charge on any atom is 0.255 e. The number of benzene rings is 2. The van der Waals surface area contributed by atoms with Crippen molar-refractivity contribution in [1.29, 1.82) is 0 Å². The van der Waals surface area contributed by atoms with Gasteiger partial charge in [0.1, 0.15) is 5.82 Å². The van der Waals surface area contributed by atoms with E-state index in [0.717, 1.165) is 0 Å². The van der Waals surface area contributed by atoms with Gasteiger partial charge in [-0.15, -0.1) is 0 Å². The fraction of sp³-hybridized carbons (Fsp3) is 0.300. The van der Waals surface area contributed by atoms with Crippen LogP contribution in [0.5, 0.6) is 0 Å². The van der Waals surface area contributed by atoms with Crippen LogP contribution in [0.2, 0.25) is 5.02 Å². The molecule has 5 nitrogen and oxygen atoms in total. The average molecular weight is 393 g/mol. The highest BCUT2D eigenvalue weighted by atomic mass is 35.5. The van der Waals surface area contributed by atoms with Crippen LogP contribution in [0.4, 0.5) is 10.1 Å². The van der Waals surface area contributed by atoms with Crippen LogP contribution in [-0.4, -0.2) is 31.1 Å². The van der Waals surface area contributed by atoms with Gasteiger partial charge in [-0.3, -0.25) is 9.59 Å². The molecule has 0 heterocycles. The second kappa shape index (κ2) is 10.0. The third kappa shape index (κ3) is 6.66. The zero-order valence-corrected chi connectivity index (χ0v) is 16.0. The fourth-order valence-electron chi connectivity index (χ4n) is 2.30. The summed E-state index contributed by atoms with van der Waals surface area (Å²) >= 11 is 6.00. The van der Waals surface area contributed by atoms with Gasteiger partial charge in [0, 0.05) is 23.7 Å². The highest BCUT2D eigenvalue weighted by Gasteiger charge is 2.15. The molecule has 0 saturated carbocycles. The van der Waals surface area contributed by atoms with Crippen molar-refractivity contribution in [3.8, 4) is 0 Å². The fourth-order valence-corrected chi connectivity index (χ4v) is 2.47. The van der Waals surface area contributed by atoms with Crippen molar-refractivity contribution in [2.24, 2.45) is 0 Å². The van der Waals surface area contributed by atoms with E-state index in [1.807, 2.05) is 13.8 Å². The molecule has 0 fully saturated rings. The first kappa shape index (κ1) is 20.9. The van der Waals surface area contributed by atoms with Crippen LogP contribution in [-0.2, 0) is 4.74 Å². The third-order valence-corrected chi connectivity index (χ3v) is 3.87. The van der Waals surface area contributed by atoms with E-state index in [1.165, 1.54) is 30.3 Å². The van der Waals surface area contributed by atoms with Crippen LogP contribution >= 0.6 is 11.6 Å². The summed E-state index contributed by atoms with van der Waals surface area (Å²) in [5.74, 6) is -1.22.